The molecule has 0 saturated heterocycles. The summed E-state index contributed by atoms with van der Waals surface area (Å²) in [7, 11) is -4.05. The van der Waals surface area contributed by atoms with Crippen LogP contribution in [-0.2, 0) is 0 Å². The topological polar surface area (TPSA) is 71.4 Å². The summed E-state index contributed by atoms with van der Waals surface area (Å²) in [5, 5.41) is 39.0. The number of rotatable bonds is 9. The van der Waals surface area contributed by atoms with E-state index in [4.69, 9.17) is 0 Å². The molecular weight excluding hydrogens is 675 g/mol. The number of nitriles is 3. The molecule has 1 fully saturated rings. The first-order chi connectivity index (χ1) is 25.1. The smallest absolute Gasteiger partial charge is 0.0889 e. The molecule has 0 heterocycles. The average Bonchev–Trinajstić information content (AvgIpc) is 3.20. The van der Waals surface area contributed by atoms with Gasteiger partial charge < -0.3 is 0 Å². The third-order valence-corrected chi connectivity index (χ3v) is 18.5. The van der Waals surface area contributed by atoms with Crippen molar-refractivity contribution in [1.82, 2.24) is 0 Å². The zero-order valence-corrected chi connectivity index (χ0v) is 30.8. The molecule has 246 valence electrons. The summed E-state index contributed by atoms with van der Waals surface area (Å²) in [6.07, 6.45) is 1.07. The highest BCUT2D eigenvalue weighted by atomic mass is 31.1. The van der Waals surface area contributed by atoms with E-state index in [1.165, 1.54) is 0 Å². The van der Waals surface area contributed by atoms with Crippen LogP contribution in [0, 0.1) is 34.0 Å². The Balaban J connectivity index is 1.58. The van der Waals surface area contributed by atoms with Crippen molar-refractivity contribution in [3.63, 3.8) is 0 Å². The summed E-state index contributed by atoms with van der Waals surface area (Å²) in [4.78, 5) is 0. The lowest BCUT2D eigenvalue weighted by Gasteiger charge is -2.55. The molecule has 51 heavy (non-hydrogen) atoms. The van der Waals surface area contributed by atoms with E-state index in [2.05, 4.69) is 91.0 Å². The van der Waals surface area contributed by atoms with E-state index >= 15 is 0 Å². The van der Waals surface area contributed by atoms with Gasteiger partial charge in [-0.3, -0.25) is 0 Å². The third kappa shape index (κ3) is 6.66. The van der Waals surface area contributed by atoms with Crippen LogP contribution in [0.5, 0.6) is 0 Å². The first-order valence-electron chi connectivity index (χ1n) is 17.0. The molecule has 6 aromatic carbocycles. The SMILES string of the molecule is N#CC1(P(c2ccccc2)c2ccccc2)CC(C#N)(P(c2ccccc2)c2ccccc2)CC(C#N)(P(c2ccccc2)c2ccccc2)C1. The van der Waals surface area contributed by atoms with Crippen LogP contribution >= 0.6 is 23.8 Å². The number of benzene rings is 6. The van der Waals surface area contributed by atoms with Crippen molar-refractivity contribution in [3.05, 3.63) is 182 Å². The molecule has 6 heteroatoms. The van der Waals surface area contributed by atoms with Gasteiger partial charge in [0.2, 0.25) is 0 Å². The molecule has 0 aliphatic heterocycles. The largest absolute Gasteiger partial charge is 0.197 e. The molecule has 0 amide bonds. The molecule has 1 aliphatic rings. The molecular formula is C45H36N3P3. The zero-order chi connectivity index (χ0) is 35.2. The highest BCUT2D eigenvalue weighted by Gasteiger charge is 2.64. The van der Waals surface area contributed by atoms with E-state index in [9.17, 15) is 15.8 Å². The predicted octanol–water partition coefficient (Wildman–Crippen LogP) is 8.36. The first kappa shape index (κ1) is 34.5. The Morgan fingerprint density at radius 2 is 0.451 bits per heavy atom. The Morgan fingerprint density at radius 3 is 0.588 bits per heavy atom. The van der Waals surface area contributed by atoms with Gasteiger partial charge in [-0.1, -0.05) is 182 Å². The Hall–Kier alpha value is -4.92. The van der Waals surface area contributed by atoms with Gasteiger partial charge in [0.05, 0.1) is 33.7 Å². The fraction of sp³-hybridized carbons (Fsp3) is 0.133. The van der Waals surface area contributed by atoms with Crippen LogP contribution in [0.4, 0.5) is 0 Å². The zero-order valence-electron chi connectivity index (χ0n) is 28.1. The maximum absolute atomic E-state index is 11.9. The minimum Gasteiger partial charge on any atom is -0.197 e. The lowest BCUT2D eigenvalue weighted by molar-refractivity contribution is 0.377. The second-order valence-electron chi connectivity index (χ2n) is 13.0. The summed E-state index contributed by atoms with van der Waals surface area (Å²) in [6, 6.07) is 70.9. The molecule has 0 spiro atoms. The van der Waals surface area contributed by atoms with Crippen LogP contribution in [0.3, 0.4) is 0 Å². The van der Waals surface area contributed by atoms with Gasteiger partial charge in [0.25, 0.3) is 0 Å². The lowest BCUT2D eigenvalue weighted by Crippen LogP contribution is -2.57. The van der Waals surface area contributed by atoms with Gasteiger partial charge in [0.15, 0.2) is 0 Å². The quantitative estimate of drug-likeness (QED) is 0.142. The van der Waals surface area contributed by atoms with Gasteiger partial charge in [0.1, 0.15) is 0 Å². The van der Waals surface area contributed by atoms with Crippen molar-refractivity contribution in [2.45, 2.75) is 34.7 Å². The van der Waals surface area contributed by atoms with Crippen LogP contribution in [0.1, 0.15) is 19.3 Å². The molecule has 0 bridgehead atoms. The molecule has 1 saturated carbocycles. The summed E-state index contributed by atoms with van der Waals surface area (Å²) < 4.78 is 0. The van der Waals surface area contributed by atoms with Gasteiger partial charge in [-0.15, -0.1) is 0 Å². The van der Waals surface area contributed by atoms with Gasteiger partial charge in [0, 0.05) is 0 Å². The minimum atomic E-state index is -1.35. The minimum absolute atomic E-state index is 0.355. The van der Waals surface area contributed by atoms with Gasteiger partial charge >= 0.3 is 0 Å². The predicted molar refractivity (Wildman–Crippen MR) is 216 cm³/mol. The first-order valence-corrected chi connectivity index (χ1v) is 21.0. The highest BCUT2D eigenvalue weighted by molar-refractivity contribution is 7.77. The molecule has 0 atom stereocenters. The standard InChI is InChI=1S/C45H36N3P3/c46-34-43(49(37-19-7-1-8-20-37)38-21-9-2-10-22-38)31-44(35-47,50(39-23-11-3-12-24-39)40-25-13-4-14-26-40)33-45(32-43,36-48)51(41-27-15-5-16-28-41)42-29-17-6-18-30-42/h1-30H,31-33H2. The van der Waals surface area contributed by atoms with E-state index in [-0.39, 0.29) is 0 Å². The molecule has 0 N–H and O–H groups in total. The molecule has 7 rings (SSSR count). The van der Waals surface area contributed by atoms with Crippen molar-refractivity contribution >= 4 is 55.6 Å². The van der Waals surface area contributed by atoms with Crippen LogP contribution in [0.2, 0.25) is 0 Å². The Morgan fingerprint density at radius 1 is 0.294 bits per heavy atom. The fourth-order valence-electron chi connectivity index (χ4n) is 7.89. The van der Waals surface area contributed by atoms with Crippen molar-refractivity contribution in [3.8, 4) is 18.2 Å². The summed E-state index contributed by atoms with van der Waals surface area (Å²) in [5.41, 5.74) is 0. The van der Waals surface area contributed by atoms with Crippen LogP contribution < -0.4 is 31.8 Å². The van der Waals surface area contributed by atoms with Crippen molar-refractivity contribution in [2.24, 2.45) is 0 Å². The molecule has 0 unspecified atom stereocenters. The number of nitrogens with zero attached hydrogens (tertiary/aromatic N) is 3. The van der Waals surface area contributed by atoms with Crippen LogP contribution in [0.15, 0.2) is 182 Å². The number of hydrogen-bond acceptors (Lipinski definition) is 3. The summed E-state index contributed by atoms with van der Waals surface area (Å²) >= 11 is 0. The molecule has 6 aromatic rings. The Labute approximate surface area is 305 Å². The van der Waals surface area contributed by atoms with Crippen LogP contribution in [-0.4, -0.2) is 15.5 Å². The summed E-state index contributed by atoms with van der Waals surface area (Å²) in [5.74, 6) is 0. The monoisotopic (exact) mass is 711 g/mol. The van der Waals surface area contributed by atoms with E-state index < -0.39 is 39.2 Å². The molecule has 1 aliphatic carbocycles. The molecule has 0 radical (unpaired) electrons. The van der Waals surface area contributed by atoms with E-state index in [0.717, 1.165) is 31.8 Å². The second kappa shape index (κ2) is 15.1. The molecule has 3 nitrogen and oxygen atoms in total. The van der Waals surface area contributed by atoms with Gasteiger partial charge in [-0.2, -0.15) is 15.8 Å². The fourth-order valence-corrected chi connectivity index (χ4v) is 17.8. The average molecular weight is 712 g/mol. The van der Waals surface area contributed by atoms with Gasteiger partial charge in [-0.25, -0.2) is 0 Å². The second-order valence-corrected chi connectivity index (χ2v) is 20.7. The van der Waals surface area contributed by atoms with E-state index in [1.54, 1.807) is 0 Å². The molecule has 0 aromatic heterocycles. The van der Waals surface area contributed by atoms with Crippen molar-refractivity contribution in [2.75, 3.05) is 0 Å². The summed E-state index contributed by atoms with van der Waals surface area (Å²) in [6.45, 7) is 0. The third-order valence-electron chi connectivity index (χ3n) is 9.75. The maximum Gasteiger partial charge on any atom is 0.0889 e. The Bertz CT molecular complexity index is 1800. The van der Waals surface area contributed by atoms with Crippen molar-refractivity contribution in [1.29, 1.82) is 15.8 Å². The van der Waals surface area contributed by atoms with Crippen molar-refractivity contribution < 1.29 is 0 Å². The normalized spacial score (nSPS) is 21.4. The maximum atomic E-state index is 11.9. The lowest BCUT2D eigenvalue weighted by atomic mass is 9.74. The van der Waals surface area contributed by atoms with E-state index in [0.29, 0.717) is 19.3 Å². The number of hydrogen-bond donors (Lipinski definition) is 0. The highest BCUT2D eigenvalue weighted by Crippen LogP contribution is 2.71. The van der Waals surface area contributed by atoms with Gasteiger partial charge in [-0.05, 0) is 74.9 Å². The van der Waals surface area contributed by atoms with E-state index in [1.807, 2.05) is 109 Å². The van der Waals surface area contributed by atoms with Crippen LogP contribution in [0.25, 0.3) is 0 Å². The Kier molecular flexibility index (Phi) is 10.2.